The monoisotopic (exact) mass is 248 g/mol. The normalized spacial score (nSPS) is 34.6. The third kappa shape index (κ3) is 2.10. The van der Waals surface area contributed by atoms with Crippen molar-refractivity contribution < 1.29 is 9.90 Å². The Balaban J connectivity index is 1.80. The van der Waals surface area contributed by atoms with Gasteiger partial charge in [-0.15, -0.1) is 0 Å². The van der Waals surface area contributed by atoms with Crippen molar-refractivity contribution in [2.75, 3.05) is 0 Å². The molecule has 2 fully saturated rings. The van der Waals surface area contributed by atoms with Crippen LogP contribution in [-0.4, -0.2) is 10.9 Å². The lowest BCUT2D eigenvalue weighted by atomic mass is 9.66. The Hall–Kier alpha value is -0.790. The van der Waals surface area contributed by atoms with Crippen LogP contribution in [0.4, 0.5) is 0 Å². The van der Waals surface area contributed by atoms with Gasteiger partial charge in [0.2, 0.25) is 0 Å². The van der Waals surface area contributed by atoms with Gasteiger partial charge in [0.25, 0.3) is 0 Å². The van der Waals surface area contributed by atoms with E-state index in [0.717, 1.165) is 37.7 Å². The van der Waals surface area contributed by atoms with Gasteiger partial charge in [-0.2, -0.15) is 0 Å². The molecular formula is C16H24O2. The summed E-state index contributed by atoms with van der Waals surface area (Å²) in [6.45, 7) is 0. The van der Waals surface area contributed by atoms with Crippen LogP contribution in [0.3, 0.4) is 0 Å². The fraction of sp³-hybridized carbons (Fsp3) is 0.812. The Morgan fingerprint density at radius 3 is 2.44 bits per heavy atom. The van der Waals surface area contributed by atoms with Gasteiger partial charge in [-0.1, -0.05) is 19.3 Å². The van der Waals surface area contributed by atoms with Gasteiger partial charge in [0, 0.05) is 17.9 Å². The summed E-state index contributed by atoms with van der Waals surface area (Å²) >= 11 is 0. The summed E-state index contributed by atoms with van der Waals surface area (Å²) in [6, 6.07) is 0. The number of ketones is 1. The van der Waals surface area contributed by atoms with E-state index in [1.54, 1.807) is 0 Å². The molecule has 2 unspecified atom stereocenters. The standard InChI is InChI=1S/C16H24O2/c17-14-8-4-7-12-9-10-13(16(18)15(12)14)11-5-2-1-3-6-11/h11-13,17H,1-10H2. The molecule has 1 N–H and O–H groups in total. The van der Waals surface area contributed by atoms with Gasteiger partial charge in [0.1, 0.15) is 0 Å². The number of Topliss-reactive ketones (excluding diaryl/α,β-unsaturated/α-hetero) is 1. The molecule has 2 atom stereocenters. The SMILES string of the molecule is O=C1C2=C(O)CCCC2CCC1C1CCCCC1. The van der Waals surface area contributed by atoms with Gasteiger partial charge in [-0.05, 0) is 50.4 Å². The molecule has 3 aliphatic carbocycles. The zero-order valence-electron chi connectivity index (χ0n) is 11.2. The topological polar surface area (TPSA) is 37.3 Å². The number of carbonyl (C=O) groups is 1. The Morgan fingerprint density at radius 1 is 0.889 bits per heavy atom. The van der Waals surface area contributed by atoms with Crippen LogP contribution in [0.5, 0.6) is 0 Å². The van der Waals surface area contributed by atoms with E-state index in [9.17, 15) is 9.90 Å². The van der Waals surface area contributed by atoms with Crippen LogP contribution >= 0.6 is 0 Å². The Labute approximate surface area is 109 Å². The first kappa shape index (κ1) is 12.3. The highest BCUT2D eigenvalue weighted by atomic mass is 16.3. The van der Waals surface area contributed by atoms with E-state index in [1.165, 1.54) is 32.1 Å². The molecule has 0 bridgehead atoms. The number of aliphatic hydroxyl groups excluding tert-OH is 1. The highest BCUT2D eigenvalue weighted by molar-refractivity contribution is 5.99. The minimum atomic E-state index is 0.233. The number of hydrogen-bond acceptors (Lipinski definition) is 2. The summed E-state index contributed by atoms with van der Waals surface area (Å²) in [6.07, 6.45) is 11.5. The first-order valence-corrected chi connectivity index (χ1v) is 7.73. The van der Waals surface area contributed by atoms with Crippen molar-refractivity contribution >= 4 is 5.78 Å². The third-order valence-corrected chi connectivity index (χ3v) is 5.33. The van der Waals surface area contributed by atoms with Gasteiger partial charge in [-0.25, -0.2) is 0 Å². The van der Waals surface area contributed by atoms with Gasteiger partial charge in [-0.3, -0.25) is 4.79 Å². The van der Waals surface area contributed by atoms with Gasteiger partial charge >= 0.3 is 0 Å². The third-order valence-electron chi connectivity index (χ3n) is 5.33. The van der Waals surface area contributed by atoms with Crippen LogP contribution < -0.4 is 0 Å². The molecule has 18 heavy (non-hydrogen) atoms. The fourth-order valence-electron chi connectivity index (χ4n) is 4.36. The second-order valence-corrected chi connectivity index (χ2v) is 6.40. The molecule has 0 radical (unpaired) electrons. The average Bonchev–Trinajstić information content (AvgIpc) is 2.40. The van der Waals surface area contributed by atoms with Crippen molar-refractivity contribution in [1.82, 2.24) is 0 Å². The number of carbonyl (C=O) groups excluding carboxylic acids is 1. The van der Waals surface area contributed by atoms with Crippen LogP contribution in [-0.2, 0) is 4.79 Å². The molecule has 0 aliphatic heterocycles. The molecule has 2 heteroatoms. The number of rotatable bonds is 1. The summed E-state index contributed by atoms with van der Waals surface area (Å²) in [5.74, 6) is 1.96. The fourth-order valence-corrected chi connectivity index (χ4v) is 4.36. The first-order chi connectivity index (χ1) is 8.77. The Kier molecular flexibility index (Phi) is 3.45. The van der Waals surface area contributed by atoms with E-state index in [2.05, 4.69) is 0 Å². The minimum absolute atomic E-state index is 0.233. The lowest BCUT2D eigenvalue weighted by Gasteiger charge is -2.38. The summed E-state index contributed by atoms with van der Waals surface area (Å²) < 4.78 is 0. The van der Waals surface area contributed by atoms with E-state index >= 15 is 0 Å². The molecule has 0 heterocycles. The zero-order valence-corrected chi connectivity index (χ0v) is 11.2. The molecule has 3 aliphatic rings. The number of aliphatic hydroxyl groups is 1. The maximum absolute atomic E-state index is 12.7. The molecule has 2 nitrogen and oxygen atoms in total. The quantitative estimate of drug-likeness (QED) is 0.756. The Morgan fingerprint density at radius 2 is 1.67 bits per heavy atom. The number of hydrogen-bond donors (Lipinski definition) is 1. The number of fused-ring (bicyclic) bond motifs is 1. The Bertz CT molecular complexity index is 363. The molecule has 0 amide bonds. The lowest BCUT2D eigenvalue weighted by molar-refractivity contribution is -0.124. The summed E-state index contributed by atoms with van der Waals surface area (Å²) in [5.41, 5.74) is 0.836. The van der Waals surface area contributed by atoms with Crippen LogP contribution in [0.1, 0.15) is 64.2 Å². The highest BCUT2D eigenvalue weighted by Crippen LogP contribution is 2.44. The summed E-state index contributed by atoms with van der Waals surface area (Å²) in [7, 11) is 0. The van der Waals surface area contributed by atoms with Gasteiger partial charge < -0.3 is 5.11 Å². The van der Waals surface area contributed by atoms with Crippen molar-refractivity contribution in [2.45, 2.75) is 64.2 Å². The molecule has 3 rings (SSSR count). The maximum Gasteiger partial charge on any atom is 0.165 e. The second-order valence-electron chi connectivity index (χ2n) is 6.40. The van der Waals surface area contributed by atoms with Crippen molar-refractivity contribution in [3.63, 3.8) is 0 Å². The lowest BCUT2D eigenvalue weighted by Crippen LogP contribution is -2.35. The van der Waals surface area contributed by atoms with Gasteiger partial charge in [0.15, 0.2) is 5.78 Å². The molecule has 0 saturated heterocycles. The van der Waals surface area contributed by atoms with Crippen molar-refractivity contribution in [1.29, 1.82) is 0 Å². The molecular weight excluding hydrogens is 224 g/mol. The highest BCUT2D eigenvalue weighted by Gasteiger charge is 2.40. The van der Waals surface area contributed by atoms with E-state index in [0.29, 0.717) is 23.4 Å². The zero-order chi connectivity index (χ0) is 12.5. The van der Waals surface area contributed by atoms with E-state index < -0.39 is 0 Å². The number of allylic oxidation sites excluding steroid dienone is 2. The predicted octanol–water partition coefficient (Wildman–Crippen LogP) is 4.16. The first-order valence-electron chi connectivity index (χ1n) is 7.73. The van der Waals surface area contributed by atoms with Crippen molar-refractivity contribution in [3.05, 3.63) is 11.3 Å². The van der Waals surface area contributed by atoms with E-state index in [1.807, 2.05) is 0 Å². The van der Waals surface area contributed by atoms with Crippen LogP contribution in [0.25, 0.3) is 0 Å². The van der Waals surface area contributed by atoms with Gasteiger partial charge in [0.05, 0.1) is 5.76 Å². The molecule has 2 saturated carbocycles. The molecule has 0 spiro atoms. The smallest absolute Gasteiger partial charge is 0.165 e. The van der Waals surface area contributed by atoms with Crippen molar-refractivity contribution in [3.8, 4) is 0 Å². The summed E-state index contributed by atoms with van der Waals surface area (Å²) in [5, 5.41) is 10.0. The molecule has 0 aromatic carbocycles. The maximum atomic E-state index is 12.7. The molecule has 0 aromatic heterocycles. The van der Waals surface area contributed by atoms with E-state index in [-0.39, 0.29) is 5.92 Å². The van der Waals surface area contributed by atoms with Crippen LogP contribution in [0.15, 0.2) is 11.3 Å². The van der Waals surface area contributed by atoms with Crippen LogP contribution in [0.2, 0.25) is 0 Å². The summed E-state index contributed by atoms with van der Waals surface area (Å²) in [4.78, 5) is 12.7. The second kappa shape index (κ2) is 5.07. The molecule has 100 valence electrons. The van der Waals surface area contributed by atoms with Crippen molar-refractivity contribution in [2.24, 2.45) is 17.8 Å². The average molecular weight is 248 g/mol. The molecule has 0 aromatic rings. The largest absolute Gasteiger partial charge is 0.512 e. The predicted molar refractivity (Wildman–Crippen MR) is 71.3 cm³/mol. The minimum Gasteiger partial charge on any atom is -0.512 e. The van der Waals surface area contributed by atoms with Crippen LogP contribution in [0, 0.1) is 17.8 Å². The van der Waals surface area contributed by atoms with E-state index in [4.69, 9.17) is 0 Å².